The summed E-state index contributed by atoms with van der Waals surface area (Å²) in [6.07, 6.45) is 9.45. The lowest BCUT2D eigenvalue weighted by Crippen LogP contribution is -2.44. The van der Waals surface area contributed by atoms with Crippen LogP contribution in [0.15, 0.2) is 0 Å². The molecule has 0 spiro atoms. The standard InChI is InChI=1S/C21H34Br2O4/c1-3-5-7-9-11-26-20(24)16-14-13-15(19(23)18(14)22)17(16)21(25)27-12-10-8-6-4-2/h14-19H,3-13H2,1-2H3. The lowest BCUT2D eigenvalue weighted by atomic mass is 9.79. The SMILES string of the molecule is CCCCCCOC(=O)C1C2CC(C(Br)C2Br)C1C(=O)OCCCCCC. The van der Waals surface area contributed by atoms with E-state index in [1.54, 1.807) is 0 Å². The molecule has 0 aromatic heterocycles. The summed E-state index contributed by atoms with van der Waals surface area (Å²) in [5.74, 6) is -0.892. The molecule has 0 aliphatic heterocycles. The predicted molar refractivity (Wildman–Crippen MR) is 114 cm³/mol. The van der Waals surface area contributed by atoms with Gasteiger partial charge in [0.1, 0.15) is 0 Å². The molecule has 0 aromatic carbocycles. The van der Waals surface area contributed by atoms with Crippen molar-refractivity contribution in [1.82, 2.24) is 0 Å². The summed E-state index contributed by atoms with van der Waals surface area (Å²) in [4.78, 5) is 26.0. The summed E-state index contributed by atoms with van der Waals surface area (Å²) < 4.78 is 11.1. The van der Waals surface area contributed by atoms with Crippen molar-refractivity contribution in [3.8, 4) is 0 Å². The molecule has 0 aromatic rings. The Bertz CT molecular complexity index is 443. The van der Waals surface area contributed by atoms with Crippen molar-refractivity contribution in [2.75, 3.05) is 13.2 Å². The molecule has 0 N–H and O–H groups in total. The number of carbonyl (C=O) groups excluding carboxylic acids is 2. The fraction of sp³-hybridized carbons (Fsp3) is 0.905. The van der Waals surface area contributed by atoms with Crippen molar-refractivity contribution >= 4 is 43.8 Å². The Hall–Kier alpha value is -0.100. The highest BCUT2D eigenvalue weighted by atomic mass is 79.9. The quantitative estimate of drug-likeness (QED) is 0.194. The van der Waals surface area contributed by atoms with Crippen molar-refractivity contribution in [1.29, 1.82) is 0 Å². The first-order valence-corrected chi connectivity index (χ1v) is 12.5. The van der Waals surface area contributed by atoms with Crippen molar-refractivity contribution < 1.29 is 19.1 Å². The number of halogens is 2. The predicted octanol–water partition coefficient (Wildman–Crippen LogP) is 5.64. The summed E-state index contributed by atoms with van der Waals surface area (Å²) in [6.45, 7) is 5.23. The van der Waals surface area contributed by atoms with Gasteiger partial charge in [0.15, 0.2) is 0 Å². The Morgan fingerprint density at radius 2 is 1.15 bits per heavy atom. The van der Waals surface area contributed by atoms with Crippen LogP contribution in [0.25, 0.3) is 0 Å². The molecule has 4 nitrogen and oxygen atoms in total. The maximum absolute atomic E-state index is 12.8. The number of ether oxygens (including phenoxy) is 2. The second kappa shape index (κ2) is 11.8. The zero-order valence-corrected chi connectivity index (χ0v) is 19.8. The van der Waals surface area contributed by atoms with E-state index in [9.17, 15) is 9.59 Å². The maximum Gasteiger partial charge on any atom is 0.310 e. The van der Waals surface area contributed by atoms with Crippen LogP contribution in [0.3, 0.4) is 0 Å². The van der Waals surface area contributed by atoms with Gasteiger partial charge < -0.3 is 9.47 Å². The van der Waals surface area contributed by atoms with Gasteiger partial charge in [-0.05, 0) is 31.1 Å². The summed E-state index contributed by atoms with van der Waals surface area (Å²) in [7, 11) is 0. The molecule has 6 heteroatoms. The van der Waals surface area contributed by atoms with Crippen molar-refractivity contribution in [3.63, 3.8) is 0 Å². The molecule has 0 amide bonds. The third-order valence-electron chi connectivity index (χ3n) is 6.00. The summed E-state index contributed by atoms with van der Waals surface area (Å²) in [5, 5.41) is 0. The first-order valence-electron chi connectivity index (χ1n) is 10.6. The molecule has 6 unspecified atom stereocenters. The van der Waals surface area contributed by atoms with Gasteiger partial charge in [-0.1, -0.05) is 84.2 Å². The van der Waals surface area contributed by atoms with Gasteiger partial charge >= 0.3 is 11.9 Å². The van der Waals surface area contributed by atoms with Crippen molar-refractivity contribution in [3.05, 3.63) is 0 Å². The fourth-order valence-corrected chi connectivity index (χ4v) is 6.38. The molecule has 2 aliphatic rings. The molecule has 6 atom stereocenters. The summed E-state index contributed by atoms with van der Waals surface area (Å²) in [5.41, 5.74) is 0. The molecule has 156 valence electrons. The highest BCUT2D eigenvalue weighted by Gasteiger charge is 2.62. The van der Waals surface area contributed by atoms with E-state index in [0.29, 0.717) is 13.2 Å². The molecular formula is C21H34Br2O4. The van der Waals surface area contributed by atoms with Crippen LogP contribution in [0.2, 0.25) is 0 Å². The van der Waals surface area contributed by atoms with E-state index < -0.39 is 0 Å². The van der Waals surface area contributed by atoms with E-state index in [0.717, 1.165) is 57.8 Å². The van der Waals surface area contributed by atoms with Gasteiger partial charge in [0, 0.05) is 9.65 Å². The second-order valence-corrected chi connectivity index (χ2v) is 10.1. The molecule has 2 rings (SSSR count). The van der Waals surface area contributed by atoms with E-state index >= 15 is 0 Å². The number of rotatable bonds is 12. The van der Waals surface area contributed by atoms with Crippen LogP contribution in [0, 0.1) is 23.7 Å². The van der Waals surface area contributed by atoms with Gasteiger partial charge in [-0.3, -0.25) is 9.59 Å². The smallest absolute Gasteiger partial charge is 0.310 e. The highest BCUT2D eigenvalue weighted by molar-refractivity contribution is 9.12. The van der Waals surface area contributed by atoms with E-state index in [-0.39, 0.29) is 45.3 Å². The number of alkyl halides is 2. The molecule has 2 bridgehead atoms. The molecular weight excluding hydrogens is 476 g/mol. The zero-order valence-electron chi connectivity index (χ0n) is 16.6. The lowest BCUT2D eigenvalue weighted by Gasteiger charge is -2.34. The lowest BCUT2D eigenvalue weighted by molar-refractivity contribution is -0.163. The number of hydrogen-bond donors (Lipinski definition) is 0. The maximum atomic E-state index is 12.8. The van der Waals surface area contributed by atoms with E-state index in [4.69, 9.17) is 9.47 Å². The van der Waals surface area contributed by atoms with Crippen LogP contribution in [0.4, 0.5) is 0 Å². The number of esters is 2. The van der Waals surface area contributed by atoms with Gasteiger partial charge in [-0.25, -0.2) is 0 Å². The third kappa shape index (κ3) is 5.94. The minimum absolute atomic E-state index is 0.139. The van der Waals surface area contributed by atoms with Gasteiger partial charge in [0.2, 0.25) is 0 Å². The fourth-order valence-electron chi connectivity index (χ4n) is 4.51. The minimum atomic E-state index is -0.373. The zero-order chi connectivity index (χ0) is 19.8. The Balaban J connectivity index is 1.91. The molecule has 2 saturated carbocycles. The minimum Gasteiger partial charge on any atom is -0.465 e. The monoisotopic (exact) mass is 508 g/mol. The number of carbonyl (C=O) groups is 2. The van der Waals surface area contributed by atoms with Gasteiger partial charge in [0.25, 0.3) is 0 Å². The van der Waals surface area contributed by atoms with Crippen LogP contribution in [0.5, 0.6) is 0 Å². The Morgan fingerprint density at radius 3 is 1.52 bits per heavy atom. The third-order valence-corrected chi connectivity index (χ3v) is 9.21. The first-order chi connectivity index (χ1) is 13.0. The first kappa shape index (κ1) is 23.2. The molecule has 2 fully saturated rings. The highest BCUT2D eigenvalue weighted by Crippen LogP contribution is 2.57. The van der Waals surface area contributed by atoms with E-state index in [1.807, 2.05) is 0 Å². The number of hydrogen-bond acceptors (Lipinski definition) is 4. The topological polar surface area (TPSA) is 52.6 Å². The number of unbranched alkanes of at least 4 members (excludes halogenated alkanes) is 6. The van der Waals surface area contributed by atoms with Crippen LogP contribution in [-0.4, -0.2) is 34.8 Å². The molecule has 2 aliphatic carbocycles. The van der Waals surface area contributed by atoms with Gasteiger partial charge in [-0.15, -0.1) is 0 Å². The van der Waals surface area contributed by atoms with E-state index in [2.05, 4.69) is 45.7 Å². The average Bonchev–Trinajstić information content (AvgIpc) is 3.18. The molecule has 27 heavy (non-hydrogen) atoms. The van der Waals surface area contributed by atoms with Gasteiger partial charge in [0.05, 0.1) is 25.0 Å². The van der Waals surface area contributed by atoms with E-state index in [1.165, 1.54) is 0 Å². The Morgan fingerprint density at radius 1 is 0.741 bits per heavy atom. The van der Waals surface area contributed by atoms with Crippen molar-refractivity contribution in [2.45, 2.75) is 81.3 Å². The summed E-state index contributed by atoms with van der Waals surface area (Å²) in [6, 6.07) is 0. The Labute approximate surface area is 180 Å². The van der Waals surface area contributed by atoms with Crippen LogP contribution >= 0.6 is 31.9 Å². The number of fused-ring (bicyclic) bond motifs is 2. The van der Waals surface area contributed by atoms with Crippen LogP contribution in [-0.2, 0) is 19.1 Å². The molecule has 0 heterocycles. The molecule has 0 saturated heterocycles. The molecule has 0 radical (unpaired) electrons. The van der Waals surface area contributed by atoms with Gasteiger partial charge in [-0.2, -0.15) is 0 Å². The largest absolute Gasteiger partial charge is 0.465 e. The summed E-state index contributed by atoms with van der Waals surface area (Å²) >= 11 is 7.45. The van der Waals surface area contributed by atoms with Crippen LogP contribution in [0.1, 0.15) is 71.6 Å². The van der Waals surface area contributed by atoms with Crippen molar-refractivity contribution in [2.24, 2.45) is 23.7 Å². The average molecular weight is 510 g/mol. The Kier molecular flexibility index (Phi) is 10.1. The van der Waals surface area contributed by atoms with Crippen LogP contribution < -0.4 is 0 Å². The second-order valence-electron chi connectivity index (χ2n) is 7.96. The normalized spacial score (nSPS) is 31.9.